The second-order valence-electron chi connectivity index (χ2n) is 6.37. The molecule has 0 atom stereocenters. The van der Waals surface area contributed by atoms with Gasteiger partial charge in [-0.3, -0.25) is 4.79 Å². The van der Waals surface area contributed by atoms with E-state index in [1.54, 1.807) is 6.08 Å². The second-order valence-corrected chi connectivity index (χ2v) is 7.23. The van der Waals surface area contributed by atoms with Crippen LogP contribution < -0.4 is 10.1 Å². The predicted molar refractivity (Wildman–Crippen MR) is 111 cm³/mol. The van der Waals surface area contributed by atoms with Gasteiger partial charge in [-0.2, -0.15) is 5.26 Å². The van der Waals surface area contributed by atoms with Crippen LogP contribution in [0.25, 0.3) is 6.08 Å². The average Bonchev–Trinajstić information content (AvgIpc) is 2.65. The normalized spacial score (nSPS) is 11.1. The van der Waals surface area contributed by atoms with Gasteiger partial charge in [0.25, 0.3) is 5.91 Å². The number of hydrogen-bond donors (Lipinski definition) is 1. The van der Waals surface area contributed by atoms with Gasteiger partial charge < -0.3 is 10.1 Å². The minimum Gasteiger partial charge on any atom is -0.490 e. The van der Waals surface area contributed by atoms with Crippen molar-refractivity contribution in [2.24, 2.45) is 0 Å². The predicted octanol–water partition coefficient (Wildman–Crippen LogP) is 4.89. The molecular formula is C22H23BrN2O2. The molecule has 0 radical (unpaired) electrons. The Morgan fingerprint density at radius 3 is 2.63 bits per heavy atom. The number of rotatable bonds is 8. The van der Waals surface area contributed by atoms with Gasteiger partial charge in [0.05, 0.1) is 10.6 Å². The van der Waals surface area contributed by atoms with Crippen molar-refractivity contribution in [3.05, 3.63) is 69.7 Å². The second kappa shape index (κ2) is 10.5. The van der Waals surface area contributed by atoms with Crippen molar-refractivity contribution in [2.45, 2.75) is 32.8 Å². The van der Waals surface area contributed by atoms with E-state index in [1.165, 1.54) is 5.56 Å². The van der Waals surface area contributed by atoms with Gasteiger partial charge in [-0.15, -0.1) is 0 Å². The molecule has 5 heteroatoms. The summed E-state index contributed by atoms with van der Waals surface area (Å²) in [4.78, 5) is 12.2. The molecular weight excluding hydrogens is 404 g/mol. The highest BCUT2D eigenvalue weighted by Crippen LogP contribution is 2.27. The Balaban J connectivity index is 1.93. The van der Waals surface area contributed by atoms with Gasteiger partial charge >= 0.3 is 0 Å². The van der Waals surface area contributed by atoms with Gasteiger partial charge in [0.1, 0.15) is 17.4 Å². The van der Waals surface area contributed by atoms with Gasteiger partial charge in [-0.05, 0) is 72.0 Å². The zero-order valence-electron chi connectivity index (χ0n) is 15.5. The Hall–Kier alpha value is -2.58. The van der Waals surface area contributed by atoms with Crippen LogP contribution in [-0.2, 0) is 11.2 Å². The van der Waals surface area contributed by atoms with Crippen LogP contribution in [0, 0.1) is 11.3 Å². The van der Waals surface area contributed by atoms with Crippen molar-refractivity contribution in [3.63, 3.8) is 0 Å². The molecule has 0 fully saturated rings. The lowest BCUT2D eigenvalue weighted by molar-refractivity contribution is -0.117. The van der Waals surface area contributed by atoms with E-state index < -0.39 is 0 Å². The molecule has 1 amide bonds. The molecule has 0 bridgehead atoms. The Bertz CT molecular complexity index is 839. The average molecular weight is 427 g/mol. The summed E-state index contributed by atoms with van der Waals surface area (Å²) < 4.78 is 6.45. The van der Waals surface area contributed by atoms with Crippen molar-refractivity contribution in [1.82, 2.24) is 5.32 Å². The maximum atomic E-state index is 12.2. The Labute approximate surface area is 169 Å². The third kappa shape index (κ3) is 6.92. The fraction of sp³-hybridized carbons (Fsp3) is 0.273. The first kappa shape index (κ1) is 20.7. The largest absolute Gasteiger partial charge is 0.490 e. The van der Waals surface area contributed by atoms with Crippen LogP contribution in [0.3, 0.4) is 0 Å². The Kier molecular flexibility index (Phi) is 8.09. The molecule has 4 nitrogen and oxygen atoms in total. The Morgan fingerprint density at radius 2 is 2.00 bits per heavy atom. The molecule has 2 aromatic rings. The van der Waals surface area contributed by atoms with Crippen LogP contribution >= 0.6 is 15.9 Å². The number of aryl methyl sites for hydroxylation is 1. The molecule has 0 spiro atoms. The quantitative estimate of drug-likeness (QED) is 0.371. The van der Waals surface area contributed by atoms with Crippen LogP contribution in [0.2, 0.25) is 0 Å². The van der Waals surface area contributed by atoms with Crippen LogP contribution in [0.1, 0.15) is 31.4 Å². The highest BCUT2D eigenvalue weighted by molar-refractivity contribution is 9.10. The first-order valence-corrected chi connectivity index (χ1v) is 9.69. The van der Waals surface area contributed by atoms with Crippen LogP contribution in [0.4, 0.5) is 0 Å². The van der Waals surface area contributed by atoms with E-state index in [1.807, 2.05) is 56.3 Å². The lowest BCUT2D eigenvalue weighted by atomic mass is 10.1. The molecule has 0 saturated carbocycles. The molecule has 1 N–H and O–H groups in total. The van der Waals surface area contributed by atoms with E-state index in [9.17, 15) is 10.1 Å². The summed E-state index contributed by atoms with van der Waals surface area (Å²) in [6.45, 7) is 4.43. The van der Waals surface area contributed by atoms with Gasteiger partial charge in [-0.1, -0.05) is 36.4 Å². The summed E-state index contributed by atoms with van der Waals surface area (Å²) in [6.07, 6.45) is 3.35. The third-order valence-electron chi connectivity index (χ3n) is 3.77. The molecule has 0 aliphatic heterocycles. The van der Waals surface area contributed by atoms with Crippen LogP contribution in [0.5, 0.6) is 5.75 Å². The van der Waals surface area contributed by atoms with Gasteiger partial charge in [0.2, 0.25) is 0 Å². The number of nitrogens with zero attached hydrogens (tertiary/aromatic N) is 1. The van der Waals surface area contributed by atoms with Crippen molar-refractivity contribution >= 4 is 27.9 Å². The first-order valence-electron chi connectivity index (χ1n) is 8.89. The van der Waals surface area contributed by atoms with E-state index >= 15 is 0 Å². The van der Waals surface area contributed by atoms with Gasteiger partial charge in [-0.25, -0.2) is 0 Å². The first-order chi connectivity index (χ1) is 13.0. The van der Waals surface area contributed by atoms with E-state index in [0.29, 0.717) is 6.54 Å². The minimum absolute atomic E-state index is 0.0685. The molecule has 0 saturated heterocycles. The number of nitrogens with one attached hydrogen (secondary N) is 1. The number of hydrogen-bond acceptors (Lipinski definition) is 3. The maximum Gasteiger partial charge on any atom is 0.261 e. The smallest absolute Gasteiger partial charge is 0.261 e. The molecule has 2 aromatic carbocycles. The summed E-state index contributed by atoms with van der Waals surface area (Å²) >= 11 is 3.46. The molecule has 27 heavy (non-hydrogen) atoms. The number of amides is 1. The molecule has 0 aliphatic carbocycles. The van der Waals surface area contributed by atoms with Crippen LogP contribution in [0.15, 0.2) is 58.6 Å². The van der Waals surface area contributed by atoms with E-state index in [4.69, 9.17) is 4.74 Å². The topological polar surface area (TPSA) is 62.1 Å². The summed E-state index contributed by atoms with van der Waals surface area (Å²) in [5, 5.41) is 12.1. The number of carbonyl (C=O) groups excluding carboxylic acids is 1. The zero-order valence-corrected chi connectivity index (χ0v) is 17.1. The SMILES string of the molecule is CC(C)Oc1ccc(/C=C(/C#N)C(=O)NCCCc2ccccc2)cc1Br. The molecule has 140 valence electrons. The van der Waals surface area contributed by atoms with Crippen molar-refractivity contribution in [3.8, 4) is 11.8 Å². The molecule has 0 heterocycles. The van der Waals surface area contributed by atoms with Gasteiger partial charge in [0, 0.05) is 6.54 Å². The van der Waals surface area contributed by atoms with E-state index in [2.05, 4.69) is 33.4 Å². The fourth-order valence-corrected chi connectivity index (χ4v) is 3.00. The zero-order chi connectivity index (χ0) is 19.6. The number of nitriles is 1. The number of ether oxygens (including phenoxy) is 1. The van der Waals surface area contributed by atoms with E-state index in [0.717, 1.165) is 28.6 Å². The third-order valence-corrected chi connectivity index (χ3v) is 4.39. The molecule has 0 unspecified atom stereocenters. The number of carbonyl (C=O) groups is 1. The minimum atomic E-state index is -0.357. The Morgan fingerprint density at radius 1 is 1.26 bits per heavy atom. The van der Waals surface area contributed by atoms with Crippen molar-refractivity contribution < 1.29 is 9.53 Å². The van der Waals surface area contributed by atoms with Crippen molar-refractivity contribution in [2.75, 3.05) is 6.54 Å². The van der Waals surface area contributed by atoms with Crippen LogP contribution in [-0.4, -0.2) is 18.6 Å². The van der Waals surface area contributed by atoms with Crippen molar-refractivity contribution in [1.29, 1.82) is 5.26 Å². The number of halogens is 1. The fourth-order valence-electron chi connectivity index (χ4n) is 2.51. The lowest BCUT2D eigenvalue weighted by Crippen LogP contribution is -2.25. The number of benzene rings is 2. The molecule has 0 aromatic heterocycles. The monoisotopic (exact) mass is 426 g/mol. The molecule has 0 aliphatic rings. The molecule has 2 rings (SSSR count). The van der Waals surface area contributed by atoms with Gasteiger partial charge in [0.15, 0.2) is 0 Å². The maximum absolute atomic E-state index is 12.2. The summed E-state index contributed by atoms with van der Waals surface area (Å²) in [6, 6.07) is 17.6. The highest BCUT2D eigenvalue weighted by atomic mass is 79.9. The summed E-state index contributed by atoms with van der Waals surface area (Å²) in [5.41, 5.74) is 2.07. The lowest BCUT2D eigenvalue weighted by Gasteiger charge is -2.11. The van der Waals surface area contributed by atoms with E-state index in [-0.39, 0.29) is 17.6 Å². The highest BCUT2D eigenvalue weighted by Gasteiger charge is 2.10. The summed E-state index contributed by atoms with van der Waals surface area (Å²) in [7, 11) is 0. The standard InChI is InChI=1S/C22H23BrN2O2/c1-16(2)27-21-11-10-18(14-20(21)23)13-19(15-24)22(26)25-12-6-9-17-7-4-3-5-8-17/h3-5,7-8,10-11,13-14,16H,6,9,12H2,1-2H3,(H,25,26)/b19-13-. The summed E-state index contributed by atoms with van der Waals surface area (Å²) in [5.74, 6) is 0.371.